The van der Waals surface area contributed by atoms with Gasteiger partial charge in [-0.2, -0.15) is 10.2 Å². The lowest BCUT2D eigenvalue weighted by Gasteiger charge is -2.30. The van der Waals surface area contributed by atoms with E-state index in [2.05, 4.69) is 20.2 Å². The highest BCUT2D eigenvalue weighted by molar-refractivity contribution is 7.90. The summed E-state index contributed by atoms with van der Waals surface area (Å²) in [6.07, 6.45) is 3.86. The fourth-order valence-corrected chi connectivity index (χ4v) is 4.73. The van der Waals surface area contributed by atoms with Crippen molar-refractivity contribution < 1.29 is 17.9 Å². The van der Waals surface area contributed by atoms with E-state index in [-0.39, 0.29) is 22.2 Å². The van der Waals surface area contributed by atoms with Crippen LogP contribution in [-0.4, -0.2) is 40.6 Å². The molecule has 0 fully saturated rings. The van der Waals surface area contributed by atoms with Gasteiger partial charge in [-0.3, -0.25) is 5.32 Å². The van der Waals surface area contributed by atoms with E-state index >= 15 is 0 Å². The van der Waals surface area contributed by atoms with Crippen LogP contribution in [0.15, 0.2) is 11.1 Å². The first kappa shape index (κ1) is 19.7. The Labute approximate surface area is 169 Å². The third kappa shape index (κ3) is 3.59. The van der Waals surface area contributed by atoms with Crippen molar-refractivity contribution in [2.24, 2.45) is 5.41 Å². The van der Waals surface area contributed by atoms with Crippen LogP contribution in [0.25, 0.3) is 0 Å². The first-order chi connectivity index (χ1) is 13.6. The van der Waals surface area contributed by atoms with Crippen molar-refractivity contribution in [1.29, 1.82) is 0 Å². The number of rotatable bonds is 4. The topological polar surface area (TPSA) is 120 Å². The molecule has 2 N–H and O–H groups in total. The summed E-state index contributed by atoms with van der Waals surface area (Å²) in [4.78, 5) is 12.4. The van der Waals surface area contributed by atoms with Crippen molar-refractivity contribution in [3.63, 3.8) is 0 Å². The second-order valence-corrected chi connectivity index (χ2v) is 10.3. The van der Waals surface area contributed by atoms with Crippen LogP contribution in [0, 0.1) is 5.41 Å². The van der Waals surface area contributed by atoms with Crippen LogP contribution in [0.5, 0.6) is 5.88 Å². The van der Waals surface area contributed by atoms with E-state index < -0.39 is 16.1 Å². The van der Waals surface area contributed by atoms with Gasteiger partial charge in [-0.1, -0.05) is 13.8 Å². The molecule has 1 aliphatic carbocycles. The van der Waals surface area contributed by atoms with Gasteiger partial charge in [0.25, 0.3) is 10.0 Å². The lowest BCUT2D eigenvalue weighted by molar-refractivity contribution is 0.0970. The minimum atomic E-state index is -4.15. The average Bonchev–Trinajstić information content (AvgIpc) is 3.28. The van der Waals surface area contributed by atoms with Crippen LogP contribution < -0.4 is 14.8 Å². The molecule has 3 heterocycles. The van der Waals surface area contributed by atoms with E-state index in [9.17, 15) is 13.2 Å². The zero-order valence-electron chi connectivity index (χ0n) is 17.0. The Hall–Kier alpha value is -2.56. The normalized spacial score (nSPS) is 17.6. The predicted octanol–water partition coefficient (Wildman–Crippen LogP) is 2.08. The van der Waals surface area contributed by atoms with Gasteiger partial charge < -0.3 is 4.74 Å². The Morgan fingerprint density at radius 3 is 2.79 bits per heavy atom. The van der Waals surface area contributed by atoms with Crippen molar-refractivity contribution >= 4 is 21.9 Å². The fraction of sp³-hybridized carbons (Fsp3) is 0.611. The molecule has 10 nitrogen and oxygen atoms in total. The molecule has 158 valence electrons. The average molecular weight is 423 g/mol. The van der Waals surface area contributed by atoms with Crippen molar-refractivity contribution in [3.8, 4) is 5.88 Å². The molecular formula is C18H26N6O4S. The number of urea groups is 1. The zero-order chi connectivity index (χ0) is 21.0. The maximum Gasteiger partial charge on any atom is 0.334 e. The number of sulfonamides is 1. The smallest absolute Gasteiger partial charge is 0.334 e. The number of hydrogen-bond donors (Lipinski definition) is 2. The standard InChI is InChI=1S/C18H26N6O4S/c1-11(2)24-15(12-6-5-7-13(12)21-24)20-17(25)22-29(26,27)14-8-19-23-9-18(3,4)10-28-16(14)23/h8,11H,5-7,9-10H2,1-4H3,(H2,20,22,25). The summed E-state index contributed by atoms with van der Waals surface area (Å²) in [5, 5.41) is 11.4. The number of nitrogens with one attached hydrogen (secondary N) is 2. The molecule has 0 aromatic carbocycles. The second kappa shape index (κ2) is 6.75. The van der Waals surface area contributed by atoms with Gasteiger partial charge in [0.05, 0.1) is 25.0 Å². The molecule has 2 amide bonds. The molecule has 0 saturated heterocycles. The highest BCUT2D eigenvalue weighted by Gasteiger charge is 2.34. The van der Waals surface area contributed by atoms with Gasteiger partial charge in [0.1, 0.15) is 5.82 Å². The van der Waals surface area contributed by atoms with Gasteiger partial charge >= 0.3 is 6.03 Å². The summed E-state index contributed by atoms with van der Waals surface area (Å²) in [6.45, 7) is 8.83. The van der Waals surface area contributed by atoms with Crippen LogP contribution in [0.3, 0.4) is 0 Å². The van der Waals surface area contributed by atoms with E-state index in [4.69, 9.17) is 4.74 Å². The quantitative estimate of drug-likeness (QED) is 0.778. The predicted molar refractivity (Wildman–Crippen MR) is 105 cm³/mol. The number of aromatic nitrogens is 4. The number of carbonyl (C=O) groups is 1. The Kier molecular flexibility index (Phi) is 4.60. The molecule has 0 spiro atoms. The molecule has 2 aromatic heterocycles. The Balaban J connectivity index is 1.55. The highest BCUT2D eigenvalue weighted by Crippen LogP contribution is 2.33. The SMILES string of the molecule is CC(C)n1nc2c(c1NC(=O)NS(=O)(=O)c1cnn3c1OCC(C)(C)C3)CCC2. The summed E-state index contributed by atoms with van der Waals surface area (Å²) in [6, 6.07) is -0.801. The van der Waals surface area contributed by atoms with Crippen molar-refractivity contribution in [2.75, 3.05) is 11.9 Å². The molecule has 0 bridgehead atoms. The summed E-state index contributed by atoms with van der Waals surface area (Å²) >= 11 is 0. The van der Waals surface area contributed by atoms with Crippen molar-refractivity contribution in [1.82, 2.24) is 24.3 Å². The minimum Gasteiger partial charge on any atom is -0.476 e. The first-order valence-electron chi connectivity index (χ1n) is 9.70. The number of nitrogens with zero attached hydrogens (tertiary/aromatic N) is 4. The van der Waals surface area contributed by atoms with Gasteiger partial charge in [-0.25, -0.2) is 27.3 Å². The minimum absolute atomic E-state index is 0.0342. The van der Waals surface area contributed by atoms with Gasteiger partial charge in [-0.15, -0.1) is 0 Å². The number of carbonyl (C=O) groups excluding carboxylic acids is 1. The van der Waals surface area contributed by atoms with Crippen LogP contribution in [-0.2, 0) is 29.4 Å². The monoisotopic (exact) mass is 422 g/mol. The summed E-state index contributed by atoms with van der Waals surface area (Å²) in [5.74, 6) is 0.702. The largest absolute Gasteiger partial charge is 0.476 e. The summed E-state index contributed by atoms with van der Waals surface area (Å²) in [7, 11) is -4.15. The number of anilines is 1. The molecular weight excluding hydrogens is 396 g/mol. The molecule has 2 aliphatic rings. The molecule has 0 unspecified atom stereocenters. The summed E-state index contributed by atoms with van der Waals surface area (Å²) < 4.78 is 36.5. The van der Waals surface area contributed by atoms with Gasteiger partial charge in [-0.05, 0) is 33.1 Å². The molecule has 11 heteroatoms. The molecule has 0 atom stereocenters. The van der Waals surface area contributed by atoms with Gasteiger partial charge in [0.2, 0.25) is 5.88 Å². The van der Waals surface area contributed by atoms with Crippen LogP contribution in [0.4, 0.5) is 10.6 Å². The Morgan fingerprint density at radius 2 is 2.07 bits per heavy atom. The molecule has 4 rings (SSSR count). The van der Waals surface area contributed by atoms with Gasteiger partial charge in [0.15, 0.2) is 4.90 Å². The van der Waals surface area contributed by atoms with Crippen molar-refractivity contribution in [2.45, 2.75) is 64.4 Å². The molecule has 0 radical (unpaired) electrons. The highest BCUT2D eigenvalue weighted by atomic mass is 32.2. The third-order valence-electron chi connectivity index (χ3n) is 5.11. The van der Waals surface area contributed by atoms with E-state index in [1.165, 1.54) is 10.9 Å². The number of hydrogen-bond acceptors (Lipinski definition) is 6. The molecule has 1 aliphatic heterocycles. The maximum absolute atomic E-state index is 12.8. The zero-order valence-corrected chi connectivity index (χ0v) is 17.8. The molecule has 29 heavy (non-hydrogen) atoms. The molecule has 2 aromatic rings. The van der Waals surface area contributed by atoms with E-state index in [1.807, 2.05) is 27.7 Å². The van der Waals surface area contributed by atoms with Crippen LogP contribution in [0.1, 0.15) is 51.4 Å². The van der Waals surface area contributed by atoms with E-state index in [0.29, 0.717) is 19.0 Å². The van der Waals surface area contributed by atoms with Gasteiger partial charge in [0, 0.05) is 17.0 Å². The maximum atomic E-state index is 12.8. The van der Waals surface area contributed by atoms with Crippen LogP contribution in [0.2, 0.25) is 0 Å². The first-order valence-corrected chi connectivity index (χ1v) is 11.2. The lowest BCUT2D eigenvalue weighted by atomic mass is 9.94. The Morgan fingerprint density at radius 1 is 1.31 bits per heavy atom. The van der Waals surface area contributed by atoms with Crippen LogP contribution >= 0.6 is 0 Å². The summed E-state index contributed by atoms with van der Waals surface area (Å²) in [5.41, 5.74) is 1.78. The number of ether oxygens (including phenoxy) is 1. The van der Waals surface area contributed by atoms with Crippen molar-refractivity contribution in [3.05, 3.63) is 17.5 Å². The number of amides is 2. The Bertz CT molecular complexity index is 1070. The molecule has 0 saturated carbocycles. The number of aryl methyl sites for hydroxylation is 1. The number of fused-ring (bicyclic) bond motifs is 2. The fourth-order valence-electron chi connectivity index (χ4n) is 3.74. The second-order valence-electron chi connectivity index (χ2n) is 8.65. The van der Waals surface area contributed by atoms with E-state index in [0.717, 1.165) is 30.5 Å². The third-order valence-corrected chi connectivity index (χ3v) is 6.42. The lowest BCUT2D eigenvalue weighted by Crippen LogP contribution is -2.37. The van der Waals surface area contributed by atoms with E-state index in [1.54, 1.807) is 4.68 Å².